The van der Waals surface area contributed by atoms with Gasteiger partial charge in [-0.1, -0.05) is 29.3 Å². The molecule has 1 aromatic carbocycles. The molecule has 20 heavy (non-hydrogen) atoms. The van der Waals surface area contributed by atoms with Crippen molar-refractivity contribution in [2.24, 2.45) is 0 Å². The maximum absolute atomic E-state index is 12.6. The maximum atomic E-state index is 12.6. The van der Waals surface area contributed by atoms with Gasteiger partial charge in [-0.3, -0.25) is 4.79 Å². The third kappa shape index (κ3) is 3.53. The smallest absolute Gasteiger partial charge is 0.169 e. The Morgan fingerprint density at radius 2 is 2.05 bits per heavy atom. The number of carbonyl (C=O) groups is 1. The lowest BCUT2D eigenvalue weighted by molar-refractivity contribution is -0.156. The minimum absolute atomic E-state index is 0.0619. The Morgan fingerprint density at radius 3 is 2.65 bits per heavy atom. The second kappa shape index (κ2) is 6.90. The Hall–Kier alpha value is -0.610. The van der Waals surface area contributed by atoms with Crippen molar-refractivity contribution in [2.75, 3.05) is 19.8 Å². The molecule has 1 saturated heterocycles. The summed E-state index contributed by atoms with van der Waals surface area (Å²) in [7, 11) is 0. The van der Waals surface area contributed by atoms with Gasteiger partial charge in [0.25, 0.3) is 0 Å². The second-order valence-corrected chi connectivity index (χ2v) is 5.72. The molecule has 1 aliphatic heterocycles. The van der Waals surface area contributed by atoms with Gasteiger partial charge in [-0.15, -0.1) is 0 Å². The van der Waals surface area contributed by atoms with Gasteiger partial charge in [0, 0.05) is 49.1 Å². The molecule has 0 radical (unpaired) electrons. The molecule has 0 saturated carbocycles. The molecule has 0 aromatic heterocycles. The molecule has 1 aliphatic rings. The van der Waals surface area contributed by atoms with E-state index < -0.39 is 5.60 Å². The first kappa shape index (κ1) is 15.8. The number of rotatable bonds is 5. The molecule has 110 valence electrons. The minimum Gasteiger partial charge on any atom is -0.381 e. The standard InChI is InChI=1S/C15H18Cl2O3/c1-2-20-15(5-7-19-8-6-15)14(18)9-11-3-4-12(16)10-13(11)17/h3-4,10H,2,5-9H2,1H3. The molecule has 1 aromatic rings. The van der Waals surface area contributed by atoms with Crippen molar-refractivity contribution in [3.05, 3.63) is 33.8 Å². The van der Waals surface area contributed by atoms with E-state index in [4.69, 9.17) is 32.7 Å². The van der Waals surface area contributed by atoms with Gasteiger partial charge >= 0.3 is 0 Å². The number of ether oxygens (including phenoxy) is 2. The Morgan fingerprint density at radius 1 is 1.35 bits per heavy atom. The van der Waals surface area contributed by atoms with Crippen LogP contribution in [-0.4, -0.2) is 31.2 Å². The fourth-order valence-corrected chi connectivity index (χ4v) is 2.96. The van der Waals surface area contributed by atoms with Crippen LogP contribution in [0.1, 0.15) is 25.3 Å². The van der Waals surface area contributed by atoms with E-state index >= 15 is 0 Å². The first-order valence-electron chi connectivity index (χ1n) is 6.76. The van der Waals surface area contributed by atoms with Crippen LogP contribution in [0, 0.1) is 0 Å². The lowest BCUT2D eigenvalue weighted by Crippen LogP contribution is -2.47. The normalized spacial score (nSPS) is 17.9. The number of Topliss-reactive ketones (excluding diaryl/α,β-unsaturated/α-hetero) is 1. The number of carbonyl (C=O) groups excluding carboxylic acids is 1. The number of benzene rings is 1. The molecule has 0 amide bonds. The topological polar surface area (TPSA) is 35.5 Å². The third-order valence-electron chi connectivity index (χ3n) is 3.60. The predicted molar refractivity (Wildman–Crippen MR) is 79.6 cm³/mol. The predicted octanol–water partition coefficient (Wildman–Crippen LogP) is 3.69. The van der Waals surface area contributed by atoms with Crippen LogP contribution in [0.15, 0.2) is 18.2 Å². The first-order valence-corrected chi connectivity index (χ1v) is 7.52. The molecule has 0 aliphatic carbocycles. The van der Waals surface area contributed by atoms with Crippen LogP contribution in [-0.2, 0) is 20.7 Å². The molecular weight excluding hydrogens is 299 g/mol. The molecule has 0 bridgehead atoms. The summed E-state index contributed by atoms with van der Waals surface area (Å²) in [5, 5.41) is 1.08. The molecule has 0 unspecified atom stereocenters. The fraction of sp³-hybridized carbons (Fsp3) is 0.533. The number of hydrogen-bond acceptors (Lipinski definition) is 3. The SMILES string of the molecule is CCOC1(C(=O)Cc2ccc(Cl)cc2Cl)CCOCC1. The number of hydrogen-bond donors (Lipinski definition) is 0. The van der Waals surface area contributed by atoms with Gasteiger partial charge in [-0.25, -0.2) is 0 Å². The third-order valence-corrected chi connectivity index (χ3v) is 4.18. The summed E-state index contributed by atoms with van der Waals surface area (Å²) in [6.07, 6.45) is 1.46. The van der Waals surface area contributed by atoms with Gasteiger partial charge in [0.2, 0.25) is 0 Å². The zero-order chi connectivity index (χ0) is 14.6. The highest BCUT2D eigenvalue weighted by molar-refractivity contribution is 6.35. The van der Waals surface area contributed by atoms with Crippen molar-refractivity contribution >= 4 is 29.0 Å². The van der Waals surface area contributed by atoms with Crippen LogP contribution in [0.3, 0.4) is 0 Å². The van der Waals surface area contributed by atoms with E-state index in [1.165, 1.54) is 0 Å². The van der Waals surface area contributed by atoms with Gasteiger partial charge in [0.1, 0.15) is 5.60 Å². The molecule has 0 N–H and O–H groups in total. The van der Waals surface area contributed by atoms with E-state index in [9.17, 15) is 4.79 Å². The van der Waals surface area contributed by atoms with Crippen molar-refractivity contribution in [2.45, 2.75) is 31.8 Å². The molecule has 2 rings (SSSR count). The number of halogens is 2. The van der Waals surface area contributed by atoms with E-state index in [1.807, 2.05) is 6.92 Å². The highest BCUT2D eigenvalue weighted by Gasteiger charge is 2.40. The van der Waals surface area contributed by atoms with Crippen molar-refractivity contribution < 1.29 is 14.3 Å². The van der Waals surface area contributed by atoms with Crippen LogP contribution in [0.25, 0.3) is 0 Å². The fourth-order valence-electron chi connectivity index (χ4n) is 2.48. The molecule has 1 heterocycles. The van der Waals surface area contributed by atoms with E-state index in [-0.39, 0.29) is 12.2 Å². The lowest BCUT2D eigenvalue weighted by Gasteiger charge is -2.35. The quantitative estimate of drug-likeness (QED) is 0.831. The molecule has 1 fully saturated rings. The minimum atomic E-state index is -0.726. The van der Waals surface area contributed by atoms with E-state index in [1.54, 1.807) is 18.2 Å². The van der Waals surface area contributed by atoms with E-state index in [0.29, 0.717) is 42.7 Å². The lowest BCUT2D eigenvalue weighted by atomic mass is 9.86. The Kier molecular flexibility index (Phi) is 5.44. The Balaban J connectivity index is 2.15. The Labute approximate surface area is 129 Å². The van der Waals surface area contributed by atoms with Crippen LogP contribution < -0.4 is 0 Å². The molecule has 0 atom stereocenters. The van der Waals surface area contributed by atoms with E-state index in [2.05, 4.69) is 0 Å². The molecule has 5 heteroatoms. The zero-order valence-corrected chi connectivity index (χ0v) is 13.0. The van der Waals surface area contributed by atoms with Gasteiger partial charge < -0.3 is 9.47 Å². The van der Waals surface area contributed by atoms with Crippen molar-refractivity contribution in [1.29, 1.82) is 0 Å². The van der Waals surface area contributed by atoms with Crippen LogP contribution in [0.2, 0.25) is 10.0 Å². The first-order chi connectivity index (χ1) is 9.57. The van der Waals surface area contributed by atoms with Gasteiger partial charge in [0.15, 0.2) is 5.78 Å². The second-order valence-electron chi connectivity index (χ2n) is 4.88. The summed E-state index contributed by atoms with van der Waals surface area (Å²) in [6, 6.07) is 5.19. The number of ketones is 1. The van der Waals surface area contributed by atoms with Crippen molar-refractivity contribution in [1.82, 2.24) is 0 Å². The van der Waals surface area contributed by atoms with Crippen molar-refractivity contribution in [3.8, 4) is 0 Å². The molecular formula is C15H18Cl2O3. The van der Waals surface area contributed by atoms with Gasteiger partial charge in [-0.2, -0.15) is 0 Å². The Bertz CT molecular complexity index is 476. The summed E-state index contributed by atoms with van der Waals surface area (Å²) in [5.41, 5.74) is 0.0577. The molecule has 3 nitrogen and oxygen atoms in total. The summed E-state index contributed by atoms with van der Waals surface area (Å²) in [6.45, 7) is 3.53. The monoisotopic (exact) mass is 316 g/mol. The van der Waals surface area contributed by atoms with Crippen LogP contribution in [0.4, 0.5) is 0 Å². The summed E-state index contributed by atoms with van der Waals surface area (Å²) in [4.78, 5) is 12.6. The molecule has 0 spiro atoms. The highest BCUT2D eigenvalue weighted by atomic mass is 35.5. The summed E-state index contributed by atoms with van der Waals surface area (Å²) in [5.74, 6) is 0.0619. The van der Waals surface area contributed by atoms with Crippen LogP contribution in [0.5, 0.6) is 0 Å². The van der Waals surface area contributed by atoms with E-state index in [0.717, 1.165) is 5.56 Å². The largest absolute Gasteiger partial charge is 0.381 e. The van der Waals surface area contributed by atoms with Gasteiger partial charge in [-0.05, 0) is 24.6 Å². The van der Waals surface area contributed by atoms with Crippen molar-refractivity contribution in [3.63, 3.8) is 0 Å². The summed E-state index contributed by atoms with van der Waals surface area (Å²) >= 11 is 12.0. The zero-order valence-electron chi connectivity index (χ0n) is 11.5. The average Bonchev–Trinajstić information content (AvgIpc) is 2.43. The van der Waals surface area contributed by atoms with Crippen LogP contribution >= 0.6 is 23.2 Å². The summed E-state index contributed by atoms with van der Waals surface area (Å²) < 4.78 is 11.1. The van der Waals surface area contributed by atoms with Gasteiger partial charge in [0.05, 0.1) is 0 Å². The highest BCUT2D eigenvalue weighted by Crippen LogP contribution is 2.29. The average molecular weight is 317 g/mol. The maximum Gasteiger partial charge on any atom is 0.169 e.